The topological polar surface area (TPSA) is 53.6 Å². The van der Waals surface area contributed by atoms with Crippen LogP contribution in [0.5, 0.6) is 5.75 Å². The molecule has 142 valence electrons. The third-order valence-electron chi connectivity index (χ3n) is 3.99. The van der Waals surface area contributed by atoms with Crippen molar-refractivity contribution in [2.75, 3.05) is 36.5 Å². The molecule has 0 atom stereocenters. The SMILES string of the molecule is CCN(CC)c1ccc(NC(=O)NCCOc2ccccc2)c(C)c1.[Cl-]. The van der Waals surface area contributed by atoms with Crippen LogP contribution in [0.15, 0.2) is 48.5 Å². The number of anilines is 2. The number of para-hydroxylation sites is 1. The van der Waals surface area contributed by atoms with Gasteiger partial charge in [-0.3, -0.25) is 0 Å². The van der Waals surface area contributed by atoms with Gasteiger partial charge in [-0.15, -0.1) is 0 Å². The lowest BCUT2D eigenvalue weighted by atomic mass is 10.1. The van der Waals surface area contributed by atoms with E-state index in [0.29, 0.717) is 13.2 Å². The molecule has 2 N–H and O–H groups in total. The summed E-state index contributed by atoms with van der Waals surface area (Å²) < 4.78 is 5.55. The molecule has 0 heterocycles. The van der Waals surface area contributed by atoms with Crippen LogP contribution in [0.1, 0.15) is 19.4 Å². The molecule has 2 aromatic rings. The maximum Gasteiger partial charge on any atom is 0.319 e. The number of nitrogens with one attached hydrogen (secondary N) is 2. The largest absolute Gasteiger partial charge is 1.00 e. The van der Waals surface area contributed by atoms with Gasteiger partial charge < -0.3 is 32.7 Å². The zero-order valence-electron chi connectivity index (χ0n) is 15.6. The minimum absolute atomic E-state index is 0. The molecule has 0 unspecified atom stereocenters. The minimum Gasteiger partial charge on any atom is -1.00 e. The zero-order valence-corrected chi connectivity index (χ0v) is 16.3. The molecule has 0 bridgehead atoms. The summed E-state index contributed by atoms with van der Waals surface area (Å²) in [7, 11) is 0. The molecule has 0 fully saturated rings. The van der Waals surface area contributed by atoms with Gasteiger partial charge in [0.2, 0.25) is 0 Å². The van der Waals surface area contributed by atoms with Gasteiger partial charge in [-0.05, 0) is 56.7 Å². The predicted octanol–water partition coefficient (Wildman–Crippen LogP) is 1.05. The van der Waals surface area contributed by atoms with Crippen LogP contribution in [0.4, 0.5) is 16.2 Å². The highest BCUT2D eigenvalue weighted by Crippen LogP contribution is 2.22. The monoisotopic (exact) mass is 376 g/mol. The van der Waals surface area contributed by atoms with E-state index in [4.69, 9.17) is 4.74 Å². The molecule has 0 aliphatic rings. The molecule has 2 aromatic carbocycles. The Kier molecular flexibility index (Phi) is 9.37. The van der Waals surface area contributed by atoms with E-state index in [2.05, 4.69) is 35.4 Å². The van der Waals surface area contributed by atoms with Crippen molar-refractivity contribution in [1.82, 2.24) is 5.32 Å². The van der Waals surface area contributed by atoms with Crippen molar-refractivity contribution in [1.29, 1.82) is 0 Å². The lowest BCUT2D eigenvalue weighted by Crippen LogP contribution is -3.00. The number of urea groups is 1. The first-order valence-corrected chi connectivity index (χ1v) is 8.72. The maximum atomic E-state index is 12.0. The Hall–Kier alpha value is -2.40. The maximum absolute atomic E-state index is 12.0. The van der Waals surface area contributed by atoms with Gasteiger partial charge in [0.05, 0.1) is 6.54 Å². The molecule has 0 aliphatic heterocycles. The average Bonchev–Trinajstić information content (AvgIpc) is 2.63. The summed E-state index contributed by atoms with van der Waals surface area (Å²) in [5.74, 6) is 0.799. The first kappa shape index (κ1) is 21.6. The van der Waals surface area contributed by atoms with Gasteiger partial charge in [0.25, 0.3) is 0 Å². The standard InChI is InChI=1S/C20H27N3O2.ClH/c1-4-23(5-2)17-11-12-19(16(3)15-17)22-20(24)21-13-14-25-18-9-7-6-8-10-18;/h6-12,15H,4-5,13-14H2,1-3H3,(H2,21,22,24);1H/p-1. The fourth-order valence-electron chi connectivity index (χ4n) is 2.59. The van der Waals surface area contributed by atoms with E-state index in [1.807, 2.05) is 49.4 Å². The number of hydrogen-bond donors (Lipinski definition) is 2. The quantitative estimate of drug-likeness (QED) is 0.677. The fraction of sp³-hybridized carbons (Fsp3) is 0.350. The second-order valence-corrected chi connectivity index (χ2v) is 5.71. The van der Waals surface area contributed by atoms with Gasteiger partial charge >= 0.3 is 6.03 Å². The summed E-state index contributed by atoms with van der Waals surface area (Å²) in [5.41, 5.74) is 3.03. The molecule has 0 radical (unpaired) electrons. The second-order valence-electron chi connectivity index (χ2n) is 5.71. The number of carbonyl (C=O) groups is 1. The Morgan fingerprint density at radius 1 is 1.08 bits per heavy atom. The second kappa shape index (κ2) is 11.3. The number of amides is 2. The number of hydrogen-bond acceptors (Lipinski definition) is 3. The van der Waals surface area contributed by atoms with Gasteiger partial charge in [0.1, 0.15) is 12.4 Å². The summed E-state index contributed by atoms with van der Waals surface area (Å²) >= 11 is 0. The lowest BCUT2D eigenvalue weighted by Gasteiger charge is -2.22. The van der Waals surface area contributed by atoms with Crippen molar-refractivity contribution in [3.63, 3.8) is 0 Å². The molecule has 0 aromatic heterocycles. The Bertz CT molecular complexity index is 676. The molecule has 0 spiro atoms. The summed E-state index contributed by atoms with van der Waals surface area (Å²) in [6.07, 6.45) is 0. The van der Waals surface area contributed by atoms with Crippen LogP contribution >= 0.6 is 0 Å². The summed E-state index contributed by atoms with van der Waals surface area (Å²) in [6, 6.07) is 15.4. The minimum atomic E-state index is -0.227. The molecular formula is C20H27ClN3O2-. The molecule has 26 heavy (non-hydrogen) atoms. The number of aryl methyl sites for hydroxylation is 1. The summed E-state index contributed by atoms with van der Waals surface area (Å²) in [5, 5.41) is 5.69. The van der Waals surface area contributed by atoms with E-state index >= 15 is 0 Å². The van der Waals surface area contributed by atoms with Crippen LogP contribution in [0.3, 0.4) is 0 Å². The highest BCUT2D eigenvalue weighted by molar-refractivity contribution is 5.90. The Balaban J connectivity index is 0.00000338. The number of carbonyl (C=O) groups excluding carboxylic acids is 1. The third-order valence-corrected chi connectivity index (χ3v) is 3.99. The van der Waals surface area contributed by atoms with Crippen LogP contribution in [-0.4, -0.2) is 32.3 Å². The van der Waals surface area contributed by atoms with Gasteiger partial charge in [-0.2, -0.15) is 0 Å². The molecule has 2 rings (SSSR count). The molecule has 5 nitrogen and oxygen atoms in total. The number of ether oxygens (including phenoxy) is 1. The summed E-state index contributed by atoms with van der Waals surface area (Å²) in [6.45, 7) is 9.07. The predicted molar refractivity (Wildman–Crippen MR) is 104 cm³/mol. The van der Waals surface area contributed by atoms with Crippen molar-refractivity contribution in [3.8, 4) is 5.75 Å². The first-order chi connectivity index (χ1) is 12.1. The zero-order chi connectivity index (χ0) is 18.1. The number of halogens is 1. The van der Waals surface area contributed by atoms with Crippen molar-refractivity contribution >= 4 is 17.4 Å². The van der Waals surface area contributed by atoms with E-state index in [1.165, 1.54) is 5.69 Å². The Morgan fingerprint density at radius 2 is 1.77 bits per heavy atom. The van der Waals surface area contributed by atoms with Gasteiger partial charge in [0.15, 0.2) is 0 Å². The van der Waals surface area contributed by atoms with E-state index in [0.717, 1.165) is 30.1 Å². The van der Waals surface area contributed by atoms with Crippen LogP contribution < -0.4 is 32.7 Å². The van der Waals surface area contributed by atoms with Crippen molar-refractivity contribution < 1.29 is 21.9 Å². The molecule has 0 saturated carbocycles. The van der Waals surface area contributed by atoms with Crippen molar-refractivity contribution in [2.45, 2.75) is 20.8 Å². The van der Waals surface area contributed by atoms with Crippen LogP contribution in [-0.2, 0) is 0 Å². The highest BCUT2D eigenvalue weighted by atomic mass is 35.5. The van der Waals surface area contributed by atoms with Gasteiger partial charge in [-0.25, -0.2) is 4.79 Å². The van der Waals surface area contributed by atoms with Crippen LogP contribution in [0, 0.1) is 6.92 Å². The van der Waals surface area contributed by atoms with Crippen molar-refractivity contribution in [2.24, 2.45) is 0 Å². The van der Waals surface area contributed by atoms with Gasteiger partial charge in [0, 0.05) is 24.5 Å². The number of nitrogens with zero attached hydrogens (tertiary/aromatic N) is 1. The highest BCUT2D eigenvalue weighted by Gasteiger charge is 2.07. The summed E-state index contributed by atoms with van der Waals surface area (Å²) in [4.78, 5) is 14.3. The van der Waals surface area contributed by atoms with E-state index < -0.39 is 0 Å². The first-order valence-electron chi connectivity index (χ1n) is 8.72. The molecule has 6 heteroatoms. The third kappa shape index (κ3) is 6.48. The average molecular weight is 377 g/mol. The lowest BCUT2D eigenvalue weighted by molar-refractivity contribution is -0.00000868. The Morgan fingerprint density at radius 3 is 2.38 bits per heavy atom. The normalized spacial score (nSPS) is 9.81. The van der Waals surface area contributed by atoms with Gasteiger partial charge in [-0.1, -0.05) is 18.2 Å². The number of benzene rings is 2. The van der Waals surface area contributed by atoms with Crippen LogP contribution in [0.2, 0.25) is 0 Å². The Labute approximate surface area is 162 Å². The smallest absolute Gasteiger partial charge is 0.319 e. The van der Waals surface area contributed by atoms with Crippen molar-refractivity contribution in [3.05, 3.63) is 54.1 Å². The molecule has 2 amide bonds. The fourth-order valence-corrected chi connectivity index (χ4v) is 2.59. The molecule has 0 aliphatic carbocycles. The molecule has 0 saturated heterocycles. The van der Waals surface area contributed by atoms with E-state index in [1.54, 1.807) is 0 Å². The van der Waals surface area contributed by atoms with Crippen LogP contribution in [0.25, 0.3) is 0 Å². The van der Waals surface area contributed by atoms with E-state index in [-0.39, 0.29) is 18.4 Å². The van der Waals surface area contributed by atoms with E-state index in [9.17, 15) is 4.79 Å². The molecular weight excluding hydrogens is 350 g/mol. The number of rotatable bonds is 8.